The number of amides is 1. The third-order valence-corrected chi connectivity index (χ3v) is 5.45. The van der Waals surface area contributed by atoms with Crippen LogP contribution in [0.25, 0.3) is 0 Å². The summed E-state index contributed by atoms with van der Waals surface area (Å²) in [5.41, 5.74) is 3.58. The summed E-state index contributed by atoms with van der Waals surface area (Å²) in [6.45, 7) is 2.24. The van der Waals surface area contributed by atoms with Crippen LogP contribution in [-0.2, 0) is 4.79 Å². The number of nitrogens with zero attached hydrogens (tertiary/aromatic N) is 3. The van der Waals surface area contributed by atoms with Crippen LogP contribution in [0.1, 0.15) is 63.9 Å². The molecular weight excluding hydrogens is 364 g/mol. The molecule has 154 valence electrons. The van der Waals surface area contributed by atoms with Crippen molar-refractivity contribution in [2.75, 3.05) is 0 Å². The fraction of sp³-hybridized carbons (Fsp3) is 0.478. The highest BCUT2D eigenvalue weighted by molar-refractivity contribution is 5.83. The van der Waals surface area contributed by atoms with E-state index in [1.165, 1.54) is 25.7 Å². The van der Waals surface area contributed by atoms with E-state index in [1.807, 2.05) is 24.3 Å². The van der Waals surface area contributed by atoms with Gasteiger partial charge in [0.15, 0.2) is 0 Å². The first-order valence-electron chi connectivity index (χ1n) is 10.6. The molecule has 0 atom stereocenters. The van der Waals surface area contributed by atoms with Crippen molar-refractivity contribution in [1.29, 1.82) is 0 Å². The molecule has 6 heteroatoms. The summed E-state index contributed by atoms with van der Waals surface area (Å²) in [6.07, 6.45) is 14.4. The second-order valence-electron chi connectivity index (χ2n) is 7.65. The Morgan fingerprint density at radius 2 is 1.86 bits per heavy atom. The monoisotopic (exact) mass is 394 g/mol. The number of ether oxygens (including phenoxy) is 1. The van der Waals surface area contributed by atoms with Crippen molar-refractivity contribution < 1.29 is 9.53 Å². The predicted octanol–water partition coefficient (Wildman–Crippen LogP) is 5.11. The molecule has 1 aliphatic carbocycles. The number of nitrogens with one attached hydrogen (secondary N) is 1. The molecular formula is C23H30N4O2. The molecule has 1 heterocycles. The van der Waals surface area contributed by atoms with Crippen molar-refractivity contribution in [3.8, 4) is 11.8 Å². The molecule has 1 amide bonds. The van der Waals surface area contributed by atoms with E-state index in [1.54, 1.807) is 24.7 Å². The molecule has 0 bridgehead atoms. The lowest BCUT2D eigenvalue weighted by molar-refractivity contribution is -0.126. The largest absolute Gasteiger partial charge is 0.424 e. The van der Waals surface area contributed by atoms with E-state index in [9.17, 15) is 4.79 Å². The lowest BCUT2D eigenvalue weighted by Gasteiger charge is -2.27. The van der Waals surface area contributed by atoms with Gasteiger partial charge in [-0.1, -0.05) is 32.6 Å². The molecule has 1 aliphatic rings. The second-order valence-corrected chi connectivity index (χ2v) is 7.65. The van der Waals surface area contributed by atoms with Crippen LogP contribution in [0, 0.1) is 11.8 Å². The summed E-state index contributed by atoms with van der Waals surface area (Å²) in [6, 6.07) is 9.42. The zero-order valence-corrected chi connectivity index (χ0v) is 17.1. The van der Waals surface area contributed by atoms with Crippen LogP contribution < -0.4 is 10.2 Å². The minimum Gasteiger partial charge on any atom is -0.424 e. The Bertz CT molecular complexity index is 769. The SMILES string of the molecule is CCCCCC1CCC(C(=O)NN=Cc2ccc(Oc3ncccn3)cc2)CC1. The normalized spacial score (nSPS) is 19.2. The number of hydrogen-bond donors (Lipinski definition) is 1. The lowest BCUT2D eigenvalue weighted by atomic mass is 9.79. The lowest BCUT2D eigenvalue weighted by Crippen LogP contribution is -2.30. The number of carbonyl (C=O) groups excluding carboxylic acids is 1. The van der Waals surface area contributed by atoms with Crippen LogP contribution in [0.5, 0.6) is 11.8 Å². The van der Waals surface area contributed by atoms with Crippen LogP contribution in [-0.4, -0.2) is 22.1 Å². The number of hydrazone groups is 1. The molecule has 6 nitrogen and oxygen atoms in total. The average Bonchev–Trinajstić information content (AvgIpc) is 2.76. The smallest absolute Gasteiger partial charge is 0.321 e. The molecule has 0 aliphatic heterocycles. The molecule has 1 N–H and O–H groups in total. The van der Waals surface area contributed by atoms with Gasteiger partial charge in [-0.3, -0.25) is 4.79 Å². The van der Waals surface area contributed by atoms with Gasteiger partial charge >= 0.3 is 6.01 Å². The molecule has 0 unspecified atom stereocenters. The highest BCUT2D eigenvalue weighted by Crippen LogP contribution is 2.32. The molecule has 0 radical (unpaired) electrons. The molecule has 0 saturated heterocycles. The number of hydrogen-bond acceptors (Lipinski definition) is 5. The molecule has 1 saturated carbocycles. The number of rotatable bonds is 9. The minimum absolute atomic E-state index is 0.0365. The van der Waals surface area contributed by atoms with Crippen molar-refractivity contribution in [1.82, 2.24) is 15.4 Å². The Morgan fingerprint density at radius 1 is 1.14 bits per heavy atom. The fourth-order valence-corrected chi connectivity index (χ4v) is 3.72. The number of unbranched alkanes of at least 4 members (excludes halogenated alkanes) is 2. The van der Waals surface area contributed by atoms with Gasteiger partial charge in [-0.25, -0.2) is 15.4 Å². The maximum Gasteiger partial charge on any atom is 0.321 e. The highest BCUT2D eigenvalue weighted by atomic mass is 16.5. The second kappa shape index (κ2) is 11.3. The maximum absolute atomic E-state index is 12.4. The summed E-state index contributed by atoms with van der Waals surface area (Å²) in [5.74, 6) is 1.58. The first-order chi connectivity index (χ1) is 14.2. The van der Waals surface area contributed by atoms with Gasteiger partial charge in [0.05, 0.1) is 6.21 Å². The van der Waals surface area contributed by atoms with Crippen molar-refractivity contribution in [3.05, 3.63) is 48.3 Å². The van der Waals surface area contributed by atoms with E-state index >= 15 is 0 Å². The van der Waals surface area contributed by atoms with Crippen LogP contribution >= 0.6 is 0 Å². The van der Waals surface area contributed by atoms with Gasteiger partial charge in [0.1, 0.15) is 5.75 Å². The van der Waals surface area contributed by atoms with Crippen LogP contribution in [0.2, 0.25) is 0 Å². The molecule has 3 rings (SSSR count). The minimum atomic E-state index is 0.0365. The van der Waals surface area contributed by atoms with Crippen molar-refractivity contribution in [2.24, 2.45) is 16.9 Å². The zero-order chi connectivity index (χ0) is 20.3. The van der Waals surface area contributed by atoms with E-state index in [-0.39, 0.29) is 11.8 Å². The molecule has 1 aromatic heterocycles. The maximum atomic E-state index is 12.4. The van der Waals surface area contributed by atoms with Gasteiger partial charge in [0.25, 0.3) is 0 Å². The van der Waals surface area contributed by atoms with Gasteiger partial charge < -0.3 is 4.74 Å². The zero-order valence-electron chi connectivity index (χ0n) is 17.1. The third kappa shape index (κ3) is 6.97. The van der Waals surface area contributed by atoms with Gasteiger partial charge in [0, 0.05) is 18.3 Å². The number of carbonyl (C=O) groups is 1. The predicted molar refractivity (Wildman–Crippen MR) is 114 cm³/mol. The highest BCUT2D eigenvalue weighted by Gasteiger charge is 2.25. The summed E-state index contributed by atoms with van der Waals surface area (Å²) in [7, 11) is 0. The van der Waals surface area contributed by atoms with E-state index < -0.39 is 0 Å². The summed E-state index contributed by atoms with van der Waals surface area (Å²) in [4.78, 5) is 20.4. The van der Waals surface area contributed by atoms with E-state index in [2.05, 4.69) is 27.4 Å². The first kappa shape index (κ1) is 21.0. The van der Waals surface area contributed by atoms with Gasteiger partial charge in [-0.2, -0.15) is 5.10 Å². The van der Waals surface area contributed by atoms with Crippen LogP contribution in [0.4, 0.5) is 0 Å². The molecule has 2 aromatic rings. The Balaban J connectivity index is 1.40. The standard InChI is InChI=1S/C23H30N4O2/c1-2-3-4-6-18-7-11-20(12-8-18)22(28)27-26-17-19-9-13-21(14-10-19)29-23-24-15-5-16-25-23/h5,9-10,13-18,20H,2-4,6-8,11-12H2,1H3,(H,27,28). The number of aromatic nitrogens is 2. The molecule has 1 fully saturated rings. The quantitative estimate of drug-likeness (QED) is 0.364. The van der Waals surface area contributed by atoms with Gasteiger partial charge in [-0.15, -0.1) is 0 Å². The van der Waals surface area contributed by atoms with Crippen molar-refractivity contribution in [3.63, 3.8) is 0 Å². The summed E-state index contributed by atoms with van der Waals surface area (Å²) >= 11 is 0. The Labute approximate surface area is 172 Å². The third-order valence-electron chi connectivity index (χ3n) is 5.45. The Morgan fingerprint density at radius 3 is 2.55 bits per heavy atom. The first-order valence-corrected chi connectivity index (χ1v) is 10.6. The Hall–Kier alpha value is -2.76. The summed E-state index contributed by atoms with van der Waals surface area (Å²) < 4.78 is 5.56. The van der Waals surface area contributed by atoms with E-state index in [0.717, 1.165) is 37.2 Å². The molecule has 29 heavy (non-hydrogen) atoms. The van der Waals surface area contributed by atoms with Gasteiger partial charge in [0.2, 0.25) is 5.91 Å². The Kier molecular flexibility index (Phi) is 8.16. The number of benzene rings is 1. The van der Waals surface area contributed by atoms with Crippen molar-refractivity contribution in [2.45, 2.75) is 58.3 Å². The van der Waals surface area contributed by atoms with Crippen LogP contribution in [0.15, 0.2) is 47.8 Å². The average molecular weight is 395 g/mol. The van der Waals surface area contributed by atoms with Gasteiger partial charge in [-0.05, 0) is 67.5 Å². The molecule has 0 spiro atoms. The topological polar surface area (TPSA) is 76.5 Å². The molecule has 1 aromatic carbocycles. The van der Waals surface area contributed by atoms with E-state index in [4.69, 9.17) is 4.74 Å². The van der Waals surface area contributed by atoms with Crippen molar-refractivity contribution >= 4 is 12.1 Å². The van der Waals surface area contributed by atoms with E-state index in [0.29, 0.717) is 11.8 Å². The fourth-order valence-electron chi connectivity index (χ4n) is 3.72. The van der Waals surface area contributed by atoms with Crippen LogP contribution in [0.3, 0.4) is 0 Å². The summed E-state index contributed by atoms with van der Waals surface area (Å²) in [5, 5.41) is 4.12.